The lowest BCUT2D eigenvalue weighted by atomic mass is 9.86. The van der Waals surface area contributed by atoms with Crippen molar-refractivity contribution >= 4 is 5.91 Å². The van der Waals surface area contributed by atoms with Crippen LogP contribution in [0.4, 0.5) is 4.39 Å². The molecule has 0 bridgehead atoms. The van der Waals surface area contributed by atoms with Crippen LogP contribution >= 0.6 is 0 Å². The fourth-order valence-electron chi connectivity index (χ4n) is 4.38. The Balaban J connectivity index is 1.45. The number of aryl methyl sites for hydroxylation is 1. The molecule has 2 heterocycles. The molecular weight excluding hydrogens is 389 g/mol. The van der Waals surface area contributed by atoms with E-state index in [4.69, 9.17) is 0 Å². The molecule has 1 N–H and O–H groups in total. The first-order valence-electron chi connectivity index (χ1n) is 10.8. The van der Waals surface area contributed by atoms with Crippen molar-refractivity contribution in [3.8, 4) is 0 Å². The number of hydrogen-bond acceptors (Lipinski definition) is 3. The summed E-state index contributed by atoms with van der Waals surface area (Å²) in [7, 11) is 0. The number of carbonyl (C=O) groups excluding carboxylic acids is 1. The standard InChI is InChI=1S/C26H28FN3O/c1-19-7-2-3-10-23(19)26(31)29-25(24-11-4-5-14-28-24)21-12-15-30(16-13-21)18-20-8-6-9-22(27)17-20/h2-11,14,17,21,25H,12-13,15-16,18H2,1H3,(H,29,31)/t25-/m1/s1. The van der Waals surface area contributed by atoms with Crippen LogP contribution in [-0.4, -0.2) is 28.9 Å². The van der Waals surface area contributed by atoms with E-state index in [2.05, 4.69) is 15.2 Å². The molecule has 1 fully saturated rings. The number of benzene rings is 2. The Hall–Kier alpha value is -3.05. The summed E-state index contributed by atoms with van der Waals surface area (Å²) in [4.78, 5) is 19.9. The molecule has 1 aliphatic rings. The van der Waals surface area contributed by atoms with Crippen molar-refractivity contribution in [3.63, 3.8) is 0 Å². The maximum Gasteiger partial charge on any atom is 0.252 e. The number of hydrogen-bond donors (Lipinski definition) is 1. The summed E-state index contributed by atoms with van der Waals surface area (Å²) in [6, 6.07) is 20.2. The van der Waals surface area contributed by atoms with Crippen LogP contribution in [0.3, 0.4) is 0 Å². The zero-order valence-electron chi connectivity index (χ0n) is 17.8. The van der Waals surface area contributed by atoms with Gasteiger partial charge in [0.1, 0.15) is 5.82 Å². The molecule has 4 rings (SSSR count). The van der Waals surface area contributed by atoms with Crippen LogP contribution in [0.25, 0.3) is 0 Å². The molecule has 0 radical (unpaired) electrons. The summed E-state index contributed by atoms with van der Waals surface area (Å²) in [5, 5.41) is 3.26. The molecule has 0 saturated carbocycles. The van der Waals surface area contributed by atoms with Crippen molar-refractivity contribution in [2.24, 2.45) is 5.92 Å². The largest absolute Gasteiger partial charge is 0.343 e. The lowest BCUT2D eigenvalue weighted by molar-refractivity contribution is 0.0887. The molecule has 160 valence electrons. The Morgan fingerprint density at radius 2 is 1.87 bits per heavy atom. The van der Waals surface area contributed by atoms with Crippen LogP contribution in [0.2, 0.25) is 0 Å². The Kier molecular flexibility index (Phi) is 6.73. The number of carbonyl (C=O) groups is 1. The third-order valence-corrected chi connectivity index (χ3v) is 6.08. The Labute approximate surface area is 183 Å². The lowest BCUT2D eigenvalue weighted by Gasteiger charge is -2.36. The van der Waals surface area contributed by atoms with Gasteiger partial charge in [0.2, 0.25) is 0 Å². The number of likely N-dealkylation sites (tertiary alicyclic amines) is 1. The van der Waals surface area contributed by atoms with Crippen molar-refractivity contribution in [2.75, 3.05) is 13.1 Å². The van der Waals surface area contributed by atoms with Crippen molar-refractivity contribution in [3.05, 3.63) is 101 Å². The number of piperidine rings is 1. The SMILES string of the molecule is Cc1ccccc1C(=O)N[C@@H](c1ccccn1)C1CCN(Cc2cccc(F)c2)CC1. The second-order valence-corrected chi connectivity index (χ2v) is 8.26. The van der Waals surface area contributed by atoms with E-state index in [0.717, 1.165) is 49.3 Å². The first-order chi connectivity index (χ1) is 15.1. The van der Waals surface area contributed by atoms with Crippen LogP contribution in [0.1, 0.15) is 46.1 Å². The van der Waals surface area contributed by atoms with E-state index in [1.807, 2.05) is 55.5 Å². The second-order valence-electron chi connectivity index (χ2n) is 8.26. The minimum absolute atomic E-state index is 0.0593. The molecule has 0 aliphatic carbocycles. The smallest absolute Gasteiger partial charge is 0.252 e. The minimum atomic E-state index is -0.193. The summed E-state index contributed by atoms with van der Waals surface area (Å²) >= 11 is 0. The molecule has 4 nitrogen and oxygen atoms in total. The number of pyridine rings is 1. The Morgan fingerprint density at radius 3 is 2.58 bits per heavy atom. The predicted molar refractivity (Wildman–Crippen MR) is 120 cm³/mol. The number of amides is 1. The molecule has 0 spiro atoms. The van der Waals surface area contributed by atoms with Gasteiger partial charge in [-0.15, -0.1) is 0 Å². The van der Waals surface area contributed by atoms with Crippen molar-refractivity contribution in [1.82, 2.24) is 15.2 Å². The summed E-state index contributed by atoms with van der Waals surface area (Å²) in [6.45, 7) is 4.51. The fraction of sp³-hybridized carbons (Fsp3) is 0.308. The summed E-state index contributed by atoms with van der Waals surface area (Å²) in [5.74, 6) is 0.0455. The zero-order chi connectivity index (χ0) is 21.6. The second kappa shape index (κ2) is 9.84. The first-order valence-corrected chi connectivity index (χ1v) is 10.8. The van der Waals surface area contributed by atoms with Gasteiger partial charge in [-0.3, -0.25) is 14.7 Å². The number of rotatable bonds is 6. The van der Waals surface area contributed by atoms with Gasteiger partial charge in [-0.2, -0.15) is 0 Å². The normalized spacial score (nSPS) is 16.1. The van der Waals surface area contributed by atoms with Crippen molar-refractivity contribution in [1.29, 1.82) is 0 Å². The number of nitrogens with one attached hydrogen (secondary N) is 1. The number of halogens is 1. The highest BCUT2D eigenvalue weighted by atomic mass is 19.1. The van der Waals surface area contributed by atoms with E-state index in [1.165, 1.54) is 6.07 Å². The van der Waals surface area contributed by atoms with Crippen LogP contribution in [-0.2, 0) is 6.54 Å². The third-order valence-electron chi connectivity index (χ3n) is 6.08. The monoisotopic (exact) mass is 417 g/mol. The van der Waals surface area contributed by atoms with Gasteiger partial charge in [0.15, 0.2) is 0 Å². The van der Waals surface area contributed by atoms with E-state index in [-0.39, 0.29) is 17.8 Å². The molecule has 1 aliphatic heterocycles. The Bertz CT molecular complexity index is 1020. The fourth-order valence-corrected chi connectivity index (χ4v) is 4.38. The summed E-state index contributed by atoms with van der Waals surface area (Å²) in [5.41, 5.74) is 3.55. The van der Waals surface area contributed by atoms with Gasteiger partial charge in [-0.05, 0) is 80.2 Å². The predicted octanol–water partition coefficient (Wildman–Crippen LogP) is 4.91. The van der Waals surface area contributed by atoms with Gasteiger partial charge in [0.05, 0.1) is 11.7 Å². The van der Waals surface area contributed by atoms with Crippen LogP contribution in [0.5, 0.6) is 0 Å². The maximum atomic E-state index is 13.5. The van der Waals surface area contributed by atoms with Crippen LogP contribution in [0, 0.1) is 18.7 Å². The molecule has 1 saturated heterocycles. The van der Waals surface area contributed by atoms with Crippen LogP contribution in [0.15, 0.2) is 72.9 Å². The van der Waals surface area contributed by atoms with Gasteiger partial charge in [-0.25, -0.2) is 4.39 Å². The van der Waals surface area contributed by atoms with Gasteiger partial charge in [0, 0.05) is 18.3 Å². The molecule has 5 heteroatoms. The third kappa shape index (κ3) is 5.36. The molecule has 3 aromatic rings. The number of aromatic nitrogens is 1. The zero-order valence-corrected chi connectivity index (χ0v) is 17.8. The van der Waals surface area contributed by atoms with Crippen molar-refractivity contribution < 1.29 is 9.18 Å². The van der Waals surface area contributed by atoms with Gasteiger partial charge in [-0.1, -0.05) is 36.4 Å². The molecule has 0 unspecified atom stereocenters. The average Bonchev–Trinajstić information content (AvgIpc) is 2.79. The van der Waals surface area contributed by atoms with Gasteiger partial charge >= 0.3 is 0 Å². The summed E-state index contributed by atoms with van der Waals surface area (Å²) in [6.07, 6.45) is 3.68. The molecule has 31 heavy (non-hydrogen) atoms. The quantitative estimate of drug-likeness (QED) is 0.620. The minimum Gasteiger partial charge on any atom is -0.343 e. The highest BCUT2D eigenvalue weighted by molar-refractivity contribution is 5.95. The maximum absolute atomic E-state index is 13.5. The molecule has 2 aromatic carbocycles. The van der Waals surface area contributed by atoms with E-state index in [9.17, 15) is 9.18 Å². The van der Waals surface area contributed by atoms with Crippen LogP contribution < -0.4 is 5.32 Å². The summed E-state index contributed by atoms with van der Waals surface area (Å²) < 4.78 is 13.5. The molecule has 1 amide bonds. The molecule has 1 aromatic heterocycles. The average molecular weight is 418 g/mol. The van der Waals surface area contributed by atoms with E-state index in [0.29, 0.717) is 11.5 Å². The lowest BCUT2D eigenvalue weighted by Crippen LogP contribution is -2.41. The highest BCUT2D eigenvalue weighted by Crippen LogP contribution is 2.31. The molecular formula is C26H28FN3O. The van der Waals surface area contributed by atoms with E-state index in [1.54, 1.807) is 18.3 Å². The van der Waals surface area contributed by atoms with Crippen molar-refractivity contribution in [2.45, 2.75) is 32.4 Å². The number of nitrogens with zero attached hydrogens (tertiary/aromatic N) is 2. The van der Waals surface area contributed by atoms with E-state index < -0.39 is 0 Å². The van der Waals surface area contributed by atoms with E-state index >= 15 is 0 Å². The molecule has 1 atom stereocenters. The Morgan fingerprint density at radius 1 is 1.10 bits per heavy atom. The highest BCUT2D eigenvalue weighted by Gasteiger charge is 2.30. The first kappa shape index (κ1) is 21.2. The topological polar surface area (TPSA) is 45.2 Å². The van der Waals surface area contributed by atoms with Gasteiger partial charge in [0.25, 0.3) is 5.91 Å². The van der Waals surface area contributed by atoms with Gasteiger partial charge < -0.3 is 5.32 Å².